The Kier molecular flexibility index (Phi) is 5.39. The second kappa shape index (κ2) is 7.51. The molecule has 24 heavy (non-hydrogen) atoms. The highest BCUT2D eigenvalue weighted by atomic mass is 35.5. The zero-order chi connectivity index (χ0) is 17.1. The first-order chi connectivity index (χ1) is 11.5. The summed E-state index contributed by atoms with van der Waals surface area (Å²) in [5, 5.41) is 4.10. The molecule has 126 valence electrons. The maximum absolute atomic E-state index is 12.3. The average molecular weight is 364 g/mol. The van der Waals surface area contributed by atoms with Crippen molar-refractivity contribution in [1.82, 2.24) is 9.88 Å². The van der Waals surface area contributed by atoms with Crippen LogP contribution < -0.4 is 5.32 Å². The number of benzene rings is 1. The number of likely N-dealkylation sites (tertiary alicyclic amines) is 1. The molecule has 0 bridgehead atoms. The molecule has 0 saturated carbocycles. The van der Waals surface area contributed by atoms with Crippen molar-refractivity contribution in [2.45, 2.75) is 12.8 Å². The number of aromatic nitrogens is 1. The Morgan fingerprint density at radius 2 is 1.96 bits per heavy atom. The fourth-order valence-electron chi connectivity index (χ4n) is 2.84. The van der Waals surface area contributed by atoms with E-state index in [-0.39, 0.29) is 11.8 Å². The van der Waals surface area contributed by atoms with Crippen LogP contribution in [0.5, 0.6) is 0 Å². The first-order valence-electron chi connectivity index (χ1n) is 7.94. The Labute approximate surface area is 151 Å². The predicted octanol–water partition coefficient (Wildman–Crippen LogP) is 4.34. The molecule has 0 aliphatic carbocycles. The van der Waals surface area contributed by atoms with E-state index in [1.807, 2.05) is 18.2 Å². The lowest BCUT2D eigenvalue weighted by molar-refractivity contribution is -0.121. The van der Waals surface area contributed by atoms with Gasteiger partial charge < -0.3 is 10.2 Å². The second-order valence-corrected chi connectivity index (χ2v) is 6.97. The third kappa shape index (κ3) is 4.07. The molecule has 1 aliphatic rings. The number of carbonyl (C=O) groups excluding carboxylic acids is 1. The van der Waals surface area contributed by atoms with Crippen molar-refractivity contribution < 1.29 is 4.79 Å². The van der Waals surface area contributed by atoms with Crippen LogP contribution in [-0.2, 0) is 4.79 Å². The zero-order valence-corrected chi connectivity index (χ0v) is 14.9. The molecule has 2 heterocycles. The number of piperidine rings is 1. The van der Waals surface area contributed by atoms with E-state index in [0.717, 1.165) is 37.2 Å². The summed E-state index contributed by atoms with van der Waals surface area (Å²) in [7, 11) is 2.08. The van der Waals surface area contributed by atoms with E-state index in [9.17, 15) is 4.79 Å². The van der Waals surface area contributed by atoms with E-state index in [2.05, 4.69) is 22.2 Å². The lowest BCUT2D eigenvalue weighted by atomic mass is 9.96. The molecular formula is C18H19Cl2N3O. The Morgan fingerprint density at radius 3 is 2.58 bits per heavy atom. The SMILES string of the molecule is CN1CCC(C(=O)Nc2ccc(-c3ccc(Cl)cc3Cl)nc2)CC1. The van der Waals surface area contributed by atoms with Crippen molar-refractivity contribution in [3.05, 3.63) is 46.6 Å². The third-order valence-corrected chi connectivity index (χ3v) is 4.88. The number of halogens is 2. The van der Waals surface area contributed by atoms with Crippen LogP contribution in [-0.4, -0.2) is 35.9 Å². The molecule has 0 atom stereocenters. The minimum atomic E-state index is 0.0715. The number of carbonyl (C=O) groups is 1. The molecule has 0 unspecified atom stereocenters. The standard InChI is InChI=1S/C18H19Cl2N3O/c1-23-8-6-12(7-9-23)18(24)22-14-3-5-17(21-11-14)15-4-2-13(19)10-16(15)20/h2-5,10-12H,6-9H2,1H3,(H,22,24). The van der Waals surface area contributed by atoms with Crippen molar-refractivity contribution in [2.75, 3.05) is 25.5 Å². The van der Waals surface area contributed by atoms with Gasteiger partial charge in [0.1, 0.15) is 0 Å². The minimum Gasteiger partial charge on any atom is -0.324 e. The summed E-state index contributed by atoms with van der Waals surface area (Å²) in [6.07, 6.45) is 3.45. The Hall–Kier alpha value is -1.62. The summed E-state index contributed by atoms with van der Waals surface area (Å²) in [5.74, 6) is 0.147. The predicted molar refractivity (Wildman–Crippen MR) is 98.5 cm³/mol. The molecule has 1 saturated heterocycles. The van der Waals surface area contributed by atoms with Crippen LogP contribution in [0.2, 0.25) is 10.0 Å². The molecule has 1 aliphatic heterocycles. The van der Waals surface area contributed by atoms with Gasteiger partial charge in [0.15, 0.2) is 0 Å². The fraction of sp³-hybridized carbons (Fsp3) is 0.333. The summed E-state index contributed by atoms with van der Waals surface area (Å²) >= 11 is 12.1. The van der Waals surface area contributed by atoms with Gasteiger partial charge in [-0.15, -0.1) is 0 Å². The maximum atomic E-state index is 12.3. The quantitative estimate of drug-likeness (QED) is 0.882. The lowest BCUT2D eigenvalue weighted by Gasteiger charge is -2.28. The number of anilines is 1. The molecule has 4 nitrogen and oxygen atoms in total. The highest BCUT2D eigenvalue weighted by molar-refractivity contribution is 6.36. The number of nitrogens with one attached hydrogen (secondary N) is 1. The van der Waals surface area contributed by atoms with Gasteiger partial charge in [0, 0.05) is 16.5 Å². The van der Waals surface area contributed by atoms with Gasteiger partial charge in [0.25, 0.3) is 0 Å². The van der Waals surface area contributed by atoms with Crippen molar-refractivity contribution in [1.29, 1.82) is 0 Å². The molecule has 3 rings (SSSR count). The monoisotopic (exact) mass is 363 g/mol. The normalized spacial score (nSPS) is 16.1. The zero-order valence-electron chi connectivity index (χ0n) is 13.4. The summed E-state index contributed by atoms with van der Waals surface area (Å²) in [5.41, 5.74) is 2.26. The first kappa shape index (κ1) is 17.2. The molecular weight excluding hydrogens is 345 g/mol. The van der Waals surface area contributed by atoms with Crippen molar-refractivity contribution in [3.63, 3.8) is 0 Å². The van der Waals surface area contributed by atoms with Crippen LogP contribution in [0, 0.1) is 5.92 Å². The molecule has 0 radical (unpaired) electrons. The van der Waals surface area contributed by atoms with Gasteiger partial charge in [-0.2, -0.15) is 0 Å². The van der Waals surface area contributed by atoms with Gasteiger partial charge in [-0.3, -0.25) is 9.78 Å². The summed E-state index contributed by atoms with van der Waals surface area (Å²) in [6, 6.07) is 9.00. The smallest absolute Gasteiger partial charge is 0.227 e. The van der Waals surface area contributed by atoms with E-state index >= 15 is 0 Å². The highest BCUT2D eigenvalue weighted by Crippen LogP contribution is 2.29. The highest BCUT2D eigenvalue weighted by Gasteiger charge is 2.23. The lowest BCUT2D eigenvalue weighted by Crippen LogP contribution is -2.35. The van der Waals surface area contributed by atoms with Crippen LogP contribution in [0.1, 0.15) is 12.8 Å². The molecule has 1 N–H and O–H groups in total. The van der Waals surface area contributed by atoms with E-state index in [4.69, 9.17) is 23.2 Å². The molecule has 1 amide bonds. The third-order valence-electron chi connectivity index (χ3n) is 4.33. The van der Waals surface area contributed by atoms with Gasteiger partial charge in [-0.05, 0) is 63.3 Å². The molecule has 0 spiro atoms. The average Bonchev–Trinajstić information content (AvgIpc) is 2.56. The Morgan fingerprint density at radius 1 is 1.21 bits per heavy atom. The van der Waals surface area contributed by atoms with E-state index in [0.29, 0.717) is 15.7 Å². The molecule has 2 aromatic rings. The van der Waals surface area contributed by atoms with E-state index < -0.39 is 0 Å². The molecule has 1 aromatic heterocycles. The number of hydrogen-bond acceptors (Lipinski definition) is 3. The molecule has 6 heteroatoms. The number of nitrogens with zero attached hydrogens (tertiary/aromatic N) is 2. The number of rotatable bonds is 3. The van der Waals surface area contributed by atoms with Crippen LogP contribution in [0.4, 0.5) is 5.69 Å². The minimum absolute atomic E-state index is 0.0715. The van der Waals surface area contributed by atoms with Crippen LogP contribution in [0.15, 0.2) is 36.5 Å². The van der Waals surface area contributed by atoms with Gasteiger partial charge in [-0.25, -0.2) is 0 Å². The molecule has 1 fully saturated rings. The van der Waals surface area contributed by atoms with Crippen molar-refractivity contribution in [3.8, 4) is 11.3 Å². The Balaban J connectivity index is 1.67. The largest absolute Gasteiger partial charge is 0.324 e. The van der Waals surface area contributed by atoms with Crippen LogP contribution in [0.3, 0.4) is 0 Å². The van der Waals surface area contributed by atoms with Gasteiger partial charge in [0.05, 0.1) is 22.6 Å². The Bertz CT molecular complexity index is 726. The topological polar surface area (TPSA) is 45.2 Å². The summed E-state index contributed by atoms with van der Waals surface area (Å²) < 4.78 is 0. The number of pyridine rings is 1. The van der Waals surface area contributed by atoms with E-state index in [1.165, 1.54) is 0 Å². The second-order valence-electron chi connectivity index (χ2n) is 6.12. The van der Waals surface area contributed by atoms with Crippen molar-refractivity contribution in [2.24, 2.45) is 5.92 Å². The summed E-state index contributed by atoms with van der Waals surface area (Å²) in [4.78, 5) is 19.0. The van der Waals surface area contributed by atoms with E-state index in [1.54, 1.807) is 18.3 Å². The van der Waals surface area contributed by atoms with Gasteiger partial charge in [0.2, 0.25) is 5.91 Å². The van der Waals surface area contributed by atoms with Crippen LogP contribution in [0.25, 0.3) is 11.3 Å². The number of hydrogen-bond donors (Lipinski definition) is 1. The first-order valence-corrected chi connectivity index (χ1v) is 8.69. The molecule has 1 aromatic carbocycles. The van der Waals surface area contributed by atoms with Gasteiger partial charge in [-0.1, -0.05) is 23.2 Å². The number of amides is 1. The fourth-order valence-corrected chi connectivity index (χ4v) is 3.34. The maximum Gasteiger partial charge on any atom is 0.227 e. The van der Waals surface area contributed by atoms with Gasteiger partial charge >= 0.3 is 0 Å². The van der Waals surface area contributed by atoms with Crippen LogP contribution >= 0.6 is 23.2 Å². The van der Waals surface area contributed by atoms with Crippen molar-refractivity contribution >= 4 is 34.8 Å². The summed E-state index contributed by atoms with van der Waals surface area (Å²) in [6.45, 7) is 1.93.